The number of imidazole rings is 1. The van der Waals surface area contributed by atoms with Crippen LogP contribution in [0.1, 0.15) is 15.9 Å². The molecule has 10 heteroatoms. The Balaban J connectivity index is 1.58. The largest absolute Gasteiger partial charge is 0.417 e. The number of fused-ring (bicyclic) bond motifs is 2. The van der Waals surface area contributed by atoms with E-state index in [0.717, 1.165) is 11.5 Å². The summed E-state index contributed by atoms with van der Waals surface area (Å²) >= 11 is 0. The van der Waals surface area contributed by atoms with E-state index in [1.54, 1.807) is 54.1 Å². The number of nitrogens with one attached hydrogen (secondary N) is 3. The standard InChI is InChI=1S/C24H16F3N5O2/c25-24(26,27)18-12-21-20(11-17(18)13-6-7-19-14(9-13)4-2-8-28-19)30-23(31-21)29-16-5-1-3-15(10-16)22(33)32-34/h1-12,34H,(H,32,33)(H2,29,30,31). The summed E-state index contributed by atoms with van der Waals surface area (Å²) in [5.74, 6) is -0.497. The minimum atomic E-state index is -4.59. The minimum absolute atomic E-state index is 0.0163. The van der Waals surface area contributed by atoms with Gasteiger partial charge in [-0.1, -0.05) is 18.2 Å². The summed E-state index contributed by atoms with van der Waals surface area (Å²) in [7, 11) is 0. The predicted molar refractivity (Wildman–Crippen MR) is 121 cm³/mol. The van der Waals surface area contributed by atoms with Gasteiger partial charge >= 0.3 is 6.18 Å². The molecule has 1 amide bonds. The number of benzene rings is 3. The molecular weight excluding hydrogens is 447 g/mol. The fourth-order valence-electron chi connectivity index (χ4n) is 3.77. The number of carbonyl (C=O) groups is 1. The maximum Gasteiger partial charge on any atom is 0.417 e. The number of H-pyrrole nitrogens is 1. The van der Waals surface area contributed by atoms with E-state index < -0.39 is 17.6 Å². The van der Waals surface area contributed by atoms with Crippen LogP contribution in [0.2, 0.25) is 0 Å². The Labute approximate surface area is 190 Å². The van der Waals surface area contributed by atoms with Crippen LogP contribution in [-0.4, -0.2) is 26.1 Å². The van der Waals surface area contributed by atoms with Gasteiger partial charge in [0.25, 0.3) is 5.91 Å². The number of hydroxylamine groups is 1. The van der Waals surface area contributed by atoms with E-state index in [4.69, 9.17) is 5.21 Å². The molecule has 0 aliphatic rings. The molecule has 2 heterocycles. The van der Waals surface area contributed by atoms with Gasteiger partial charge in [0.15, 0.2) is 0 Å². The van der Waals surface area contributed by atoms with E-state index >= 15 is 0 Å². The van der Waals surface area contributed by atoms with Crippen molar-refractivity contribution in [2.75, 3.05) is 5.32 Å². The van der Waals surface area contributed by atoms with Gasteiger partial charge in [-0.2, -0.15) is 13.2 Å². The highest BCUT2D eigenvalue weighted by atomic mass is 19.4. The Morgan fingerprint density at radius 3 is 2.62 bits per heavy atom. The maximum atomic E-state index is 14.0. The van der Waals surface area contributed by atoms with Crippen LogP contribution in [0.15, 0.2) is 72.9 Å². The van der Waals surface area contributed by atoms with Crippen molar-refractivity contribution in [1.29, 1.82) is 0 Å². The van der Waals surface area contributed by atoms with Gasteiger partial charge in [-0.05, 0) is 59.7 Å². The Morgan fingerprint density at radius 2 is 1.82 bits per heavy atom. The third kappa shape index (κ3) is 4.02. The molecule has 0 aliphatic carbocycles. The predicted octanol–water partition coefficient (Wildman–Crippen LogP) is 5.66. The minimum Gasteiger partial charge on any atom is -0.326 e. The molecule has 0 spiro atoms. The van der Waals surface area contributed by atoms with Crippen molar-refractivity contribution in [2.24, 2.45) is 0 Å². The first-order chi connectivity index (χ1) is 16.3. The molecule has 2 aromatic heterocycles. The lowest BCUT2D eigenvalue weighted by atomic mass is 9.97. The molecule has 0 saturated heterocycles. The maximum absolute atomic E-state index is 14.0. The summed E-state index contributed by atoms with van der Waals surface area (Å²) in [6, 6.07) is 17.1. The number of hydrogen-bond acceptors (Lipinski definition) is 5. The van der Waals surface area contributed by atoms with E-state index in [1.165, 1.54) is 18.2 Å². The monoisotopic (exact) mass is 463 g/mol. The quantitative estimate of drug-likeness (QED) is 0.203. The van der Waals surface area contributed by atoms with Crippen LogP contribution in [0.4, 0.5) is 24.8 Å². The Hall–Kier alpha value is -4.44. The first kappa shape index (κ1) is 21.4. The van der Waals surface area contributed by atoms with Crippen molar-refractivity contribution in [3.05, 3.63) is 84.1 Å². The molecule has 170 valence electrons. The number of aromatic amines is 1. The van der Waals surface area contributed by atoms with Crippen molar-refractivity contribution in [3.63, 3.8) is 0 Å². The van der Waals surface area contributed by atoms with Crippen LogP contribution in [0.5, 0.6) is 0 Å². The topological polar surface area (TPSA) is 103 Å². The summed E-state index contributed by atoms with van der Waals surface area (Å²) in [6.07, 6.45) is -2.97. The molecule has 5 rings (SSSR count). The van der Waals surface area contributed by atoms with E-state index in [0.29, 0.717) is 22.3 Å². The fraction of sp³-hybridized carbons (Fsp3) is 0.0417. The average Bonchev–Trinajstić information content (AvgIpc) is 3.23. The number of halogens is 3. The van der Waals surface area contributed by atoms with Gasteiger partial charge in [-0.15, -0.1) is 0 Å². The second kappa shape index (κ2) is 8.16. The van der Waals surface area contributed by atoms with Crippen molar-refractivity contribution in [3.8, 4) is 11.1 Å². The summed E-state index contributed by atoms with van der Waals surface area (Å²) in [6.45, 7) is 0. The number of alkyl halides is 3. The van der Waals surface area contributed by atoms with Gasteiger partial charge in [0.1, 0.15) is 0 Å². The normalized spacial score (nSPS) is 11.6. The molecule has 0 unspecified atom stereocenters. The SMILES string of the molecule is O=C(NO)c1cccc(Nc2nc3cc(C(F)(F)F)c(-c4ccc5ncccc5c4)cc3[nH]2)c1. The highest BCUT2D eigenvalue weighted by Gasteiger charge is 2.34. The van der Waals surface area contributed by atoms with Gasteiger partial charge < -0.3 is 10.3 Å². The van der Waals surface area contributed by atoms with Gasteiger partial charge in [0, 0.05) is 22.8 Å². The van der Waals surface area contributed by atoms with Crippen molar-refractivity contribution in [1.82, 2.24) is 20.4 Å². The Morgan fingerprint density at radius 1 is 0.971 bits per heavy atom. The second-order valence-electron chi connectivity index (χ2n) is 7.56. The second-order valence-corrected chi connectivity index (χ2v) is 7.56. The van der Waals surface area contributed by atoms with E-state index in [-0.39, 0.29) is 22.6 Å². The summed E-state index contributed by atoms with van der Waals surface area (Å²) in [5, 5.41) is 12.5. The smallest absolute Gasteiger partial charge is 0.326 e. The van der Waals surface area contributed by atoms with Gasteiger partial charge in [-0.3, -0.25) is 15.0 Å². The lowest BCUT2D eigenvalue weighted by molar-refractivity contribution is -0.137. The molecule has 7 nitrogen and oxygen atoms in total. The van der Waals surface area contributed by atoms with Crippen LogP contribution >= 0.6 is 0 Å². The van der Waals surface area contributed by atoms with Crippen molar-refractivity contribution in [2.45, 2.75) is 6.18 Å². The average molecular weight is 463 g/mol. The molecule has 4 N–H and O–H groups in total. The molecule has 0 atom stereocenters. The van der Waals surface area contributed by atoms with Crippen LogP contribution in [0, 0.1) is 0 Å². The highest BCUT2D eigenvalue weighted by Crippen LogP contribution is 2.40. The number of nitrogens with zero attached hydrogens (tertiary/aromatic N) is 2. The first-order valence-corrected chi connectivity index (χ1v) is 10.1. The molecule has 34 heavy (non-hydrogen) atoms. The van der Waals surface area contributed by atoms with Gasteiger partial charge in [0.05, 0.1) is 22.1 Å². The Bertz CT molecular complexity index is 1550. The molecule has 0 aliphatic heterocycles. The fourth-order valence-corrected chi connectivity index (χ4v) is 3.77. The molecule has 0 saturated carbocycles. The summed E-state index contributed by atoms with van der Waals surface area (Å²) in [4.78, 5) is 23.1. The zero-order valence-corrected chi connectivity index (χ0v) is 17.3. The summed E-state index contributed by atoms with van der Waals surface area (Å²) < 4.78 is 41.9. The zero-order chi connectivity index (χ0) is 23.9. The number of pyridine rings is 1. The number of anilines is 2. The number of aromatic nitrogens is 3. The van der Waals surface area contributed by atoms with Gasteiger partial charge in [-0.25, -0.2) is 10.5 Å². The van der Waals surface area contributed by atoms with Gasteiger partial charge in [0.2, 0.25) is 5.95 Å². The summed E-state index contributed by atoms with van der Waals surface area (Å²) in [5.41, 5.74) is 3.03. The number of amides is 1. The van der Waals surface area contributed by atoms with Crippen molar-refractivity contribution >= 4 is 39.5 Å². The highest BCUT2D eigenvalue weighted by molar-refractivity contribution is 5.94. The molecule has 5 aromatic rings. The van der Waals surface area contributed by atoms with Crippen LogP contribution in [0.25, 0.3) is 33.1 Å². The zero-order valence-electron chi connectivity index (χ0n) is 17.3. The van der Waals surface area contributed by atoms with Crippen LogP contribution in [-0.2, 0) is 6.18 Å². The lowest BCUT2D eigenvalue weighted by Crippen LogP contribution is -2.18. The lowest BCUT2D eigenvalue weighted by Gasteiger charge is -2.13. The van der Waals surface area contributed by atoms with E-state index in [2.05, 4.69) is 20.3 Å². The van der Waals surface area contributed by atoms with E-state index in [1.807, 2.05) is 0 Å². The molecule has 3 aromatic carbocycles. The van der Waals surface area contributed by atoms with Crippen LogP contribution in [0.3, 0.4) is 0 Å². The number of carbonyl (C=O) groups excluding carboxylic acids is 1. The Kier molecular flexibility index (Phi) is 5.14. The third-order valence-electron chi connectivity index (χ3n) is 5.33. The number of hydrogen-bond donors (Lipinski definition) is 4. The van der Waals surface area contributed by atoms with Crippen molar-refractivity contribution < 1.29 is 23.2 Å². The van der Waals surface area contributed by atoms with E-state index in [9.17, 15) is 18.0 Å². The third-order valence-corrected chi connectivity index (χ3v) is 5.33. The molecule has 0 radical (unpaired) electrons. The first-order valence-electron chi connectivity index (χ1n) is 10.1. The molecule has 0 fully saturated rings. The van der Waals surface area contributed by atoms with Crippen LogP contribution < -0.4 is 10.8 Å². The number of rotatable bonds is 4. The molecular formula is C24H16F3N5O2. The molecule has 0 bridgehead atoms.